The summed E-state index contributed by atoms with van der Waals surface area (Å²) in [5.74, 6) is -4.73. The number of hydrogen-bond acceptors (Lipinski definition) is 5. The first-order valence-electron chi connectivity index (χ1n) is 12.0. The van der Waals surface area contributed by atoms with E-state index in [-0.39, 0.29) is 30.5 Å². The van der Waals surface area contributed by atoms with Crippen LogP contribution in [0.4, 0.5) is 0 Å². The Labute approximate surface area is 217 Å². The van der Waals surface area contributed by atoms with Crippen LogP contribution in [-0.2, 0) is 19.2 Å². The van der Waals surface area contributed by atoms with E-state index in [9.17, 15) is 24.3 Å². The first kappa shape index (κ1) is 23.5. The number of phenolic OH excluding ortho intramolecular Hbond substituents is 1. The minimum Gasteiger partial charge on any atom is -0.508 e. The van der Waals surface area contributed by atoms with Crippen LogP contribution in [0.5, 0.6) is 5.75 Å². The van der Waals surface area contributed by atoms with Crippen molar-refractivity contribution < 1.29 is 24.3 Å². The van der Waals surface area contributed by atoms with Gasteiger partial charge >= 0.3 is 0 Å². The SMILES string of the molecule is CCN1C(=O)[C@H]2[C@H](CC=C3[C@H]2C[C@@]2(Cl)C(=O)N(C)C(=O)[C@@]2(Cl)[C@H]3c2c(O)ccc3ccccc23)C1=O. The molecule has 9 heteroatoms. The van der Waals surface area contributed by atoms with Crippen molar-refractivity contribution in [3.05, 3.63) is 53.6 Å². The standard InChI is InChI=1S/C27H24Cl2N2O5/c1-3-31-22(33)16-10-9-15-17(19(16)23(31)34)12-26(28)24(35)30(2)25(36)27(26,29)21(15)20-14-7-5-4-6-13(14)8-11-18(20)32/h4-9,11,16-17,19,21,32H,3,10,12H2,1-2H3/t16-,17+,19-,21+,26+,27-/m0/s1. The van der Waals surface area contributed by atoms with Crippen LogP contribution in [0.3, 0.4) is 0 Å². The molecule has 2 aliphatic carbocycles. The highest BCUT2D eigenvalue weighted by Gasteiger charge is 2.76. The van der Waals surface area contributed by atoms with Crippen molar-refractivity contribution in [1.82, 2.24) is 9.80 Å². The maximum atomic E-state index is 13.7. The fourth-order valence-corrected chi connectivity index (χ4v) is 8.03. The van der Waals surface area contributed by atoms with Crippen LogP contribution < -0.4 is 0 Å². The number of hydrogen-bond donors (Lipinski definition) is 1. The number of fused-ring (bicyclic) bond motifs is 5. The van der Waals surface area contributed by atoms with Gasteiger partial charge in [0.25, 0.3) is 11.8 Å². The zero-order valence-electron chi connectivity index (χ0n) is 19.7. The molecular formula is C27H24Cl2N2O5. The summed E-state index contributed by atoms with van der Waals surface area (Å²) in [6.45, 7) is 2.01. The second kappa shape index (κ2) is 7.56. The van der Waals surface area contributed by atoms with Crippen LogP contribution in [0.25, 0.3) is 10.8 Å². The van der Waals surface area contributed by atoms with Gasteiger partial charge in [0.1, 0.15) is 5.75 Å². The summed E-state index contributed by atoms with van der Waals surface area (Å²) in [6.07, 6.45) is 2.12. The number of rotatable bonds is 2. The van der Waals surface area contributed by atoms with E-state index in [1.165, 1.54) is 18.0 Å². The Morgan fingerprint density at radius 2 is 1.72 bits per heavy atom. The number of allylic oxidation sites excluding steroid dienone is 2. The molecule has 3 fully saturated rings. The van der Waals surface area contributed by atoms with Gasteiger partial charge in [-0.3, -0.25) is 29.0 Å². The molecule has 0 aromatic heterocycles. The average Bonchev–Trinajstić information content (AvgIpc) is 3.19. The highest BCUT2D eigenvalue weighted by atomic mass is 35.5. The highest BCUT2D eigenvalue weighted by Crippen LogP contribution is 2.66. The number of alkyl halides is 2. The summed E-state index contributed by atoms with van der Waals surface area (Å²) >= 11 is 14.4. The van der Waals surface area contributed by atoms with Crippen molar-refractivity contribution in [2.45, 2.75) is 35.4 Å². The van der Waals surface area contributed by atoms with Crippen LogP contribution in [0.2, 0.25) is 0 Å². The third-order valence-electron chi connectivity index (χ3n) is 8.66. The first-order chi connectivity index (χ1) is 17.1. The molecule has 2 aliphatic heterocycles. The molecule has 0 unspecified atom stereocenters. The Morgan fingerprint density at radius 3 is 2.44 bits per heavy atom. The van der Waals surface area contributed by atoms with Gasteiger partial charge in [-0.2, -0.15) is 0 Å². The Kier molecular flexibility index (Phi) is 4.93. The first-order valence-corrected chi connectivity index (χ1v) is 12.8. The van der Waals surface area contributed by atoms with Gasteiger partial charge in [0.2, 0.25) is 11.8 Å². The second-order valence-electron chi connectivity index (χ2n) is 10.1. The minimum atomic E-state index is -1.92. The largest absolute Gasteiger partial charge is 0.508 e. The van der Waals surface area contributed by atoms with Crippen molar-refractivity contribution in [3.8, 4) is 5.75 Å². The van der Waals surface area contributed by atoms with E-state index in [2.05, 4.69) is 0 Å². The molecule has 0 spiro atoms. The van der Waals surface area contributed by atoms with Crippen molar-refractivity contribution in [2.75, 3.05) is 13.6 Å². The average molecular weight is 527 g/mol. The Morgan fingerprint density at radius 1 is 1.00 bits per heavy atom. The number of imide groups is 2. The quantitative estimate of drug-likeness (QED) is 0.366. The van der Waals surface area contributed by atoms with E-state index >= 15 is 0 Å². The van der Waals surface area contributed by atoms with E-state index in [1.54, 1.807) is 13.0 Å². The van der Waals surface area contributed by atoms with Gasteiger partial charge < -0.3 is 5.11 Å². The number of amides is 4. The van der Waals surface area contributed by atoms with Crippen molar-refractivity contribution in [2.24, 2.45) is 17.8 Å². The molecule has 186 valence electrons. The molecule has 4 aliphatic rings. The monoisotopic (exact) mass is 526 g/mol. The third kappa shape index (κ3) is 2.60. The van der Waals surface area contributed by atoms with Crippen LogP contribution in [0, 0.1) is 17.8 Å². The molecule has 36 heavy (non-hydrogen) atoms. The molecule has 4 amide bonds. The van der Waals surface area contributed by atoms with Crippen LogP contribution in [0.1, 0.15) is 31.2 Å². The Bertz CT molecular complexity index is 1420. The smallest absolute Gasteiger partial charge is 0.253 e. The van der Waals surface area contributed by atoms with Crippen LogP contribution in [0.15, 0.2) is 48.0 Å². The molecule has 1 N–H and O–H groups in total. The topological polar surface area (TPSA) is 95.0 Å². The highest BCUT2D eigenvalue weighted by molar-refractivity contribution is 6.53. The summed E-state index contributed by atoms with van der Waals surface area (Å²) in [6, 6.07) is 10.7. The third-order valence-corrected chi connectivity index (χ3v) is 10.1. The van der Waals surface area contributed by atoms with Crippen molar-refractivity contribution in [3.63, 3.8) is 0 Å². The number of carbonyl (C=O) groups excluding carboxylic acids is 4. The predicted molar refractivity (Wildman–Crippen MR) is 133 cm³/mol. The summed E-state index contributed by atoms with van der Waals surface area (Å²) < 4.78 is 0. The molecule has 7 nitrogen and oxygen atoms in total. The lowest BCUT2D eigenvalue weighted by Crippen LogP contribution is -2.60. The van der Waals surface area contributed by atoms with Gasteiger partial charge in [-0.15, -0.1) is 23.2 Å². The summed E-state index contributed by atoms with van der Waals surface area (Å²) in [7, 11) is 1.35. The number of aromatic hydroxyl groups is 1. The zero-order chi connectivity index (χ0) is 25.7. The van der Waals surface area contributed by atoms with E-state index in [0.717, 1.165) is 10.3 Å². The van der Waals surface area contributed by atoms with Gasteiger partial charge in [0.15, 0.2) is 9.75 Å². The number of benzene rings is 2. The maximum Gasteiger partial charge on any atom is 0.253 e. The molecule has 2 heterocycles. The fourth-order valence-electron chi connectivity index (χ4n) is 7.03. The summed E-state index contributed by atoms with van der Waals surface area (Å²) in [5, 5.41) is 12.7. The lowest BCUT2D eigenvalue weighted by Gasteiger charge is -2.51. The number of carbonyl (C=O) groups is 4. The molecule has 6 atom stereocenters. The predicted octanol–water partition coefficient (Wildman–Crippen LogP) is 3.55. The van der Waals surface area contributed by atoms with E-state index in [1.807, 2.05) is 30.3 Å². The van der Waals surface area contributed by atoms with Crippen molar-refractivity contribution >= 4 is 57.6 Å². The van der Waals surface area contributed by atoms with Gasteiger partial charge in [-0.05, 0) is 42.5 Å². The molecule has 6 rings (SSSR count). The lowest BCUT2D eigenvalue weighted by molar-refractivity contribution is -0.141. The van der Waals surface area contributed by atoms with Crippen LogP contribution in [-0.4, -0.2) is 61.9 Å². The number of halogens is 2. The van der Waals surface area contributed by atoms with Crippen LogP contribution >= 0.6 is 23.2 Å². The molecule has 0 radical (unpaired) electrons. The summed E-state index contributed by atoms with van der Waals surface area (Å²) in [5.41, 5.74) is 1.06. The molecule has 2 aromatic carbocycles. The van der Waals surface area contributed by atoms with E-state index in [0.29, 0.717) is 22.9 Å². The minimum absolute atomic E-state index is 0.0570. The van der Waals surface area contributed by atoms with E-state index < -0.39 is 45.2 Å². The van der Waals surface area contributed by atoms with Gasteiger partial charge in [-0.1, -0.05) is 42.0 Å². The van der Waals surface area contributed by atoms with Crippen molar-refractivity contribution in [1.29, 1.82) is 0 Å². The Hall–Kier alpha value is -2.90. The lowest BCUT2D eigenvalue weighted by atomic mass is 9.56. The number of likely N-dealkylation sites (tertiary alicyclic amines) is 2. The Balaban J connectivity index is 1.65. The van der Waals surface area contributed by atoms with Gasteiger partial charge in [-0.25, -0.2) is 0 Å². The number of phenols is 1. The molecule has 2 aromatic rings. The van der Waals surface area contributed by atoms with Gasteiger partial charge in [0, 0.05) is 25.1 Å². The second-order valence-corrected chi connectivity index (χ2v) is 11.4. The molecular weight excluding hydrogens is 503 g/mol. The molecule has 1 saturated carbocycles. The van der Waals surface area contributed by atoms with Gasteiger partial charge in [0.05, 0.1) is 11.8 Å². The fraction of sp³-hybridized carbons (Fsp3) is 0.407. The number of nitrogens with zero attached hydrogens (tertiary/aromatic N) is 2. The van der Waals surface area contributed by atoms with E-state index in [4.69, 9.17) is 23.2 Å². The zero-order valence-corrected chi connectivity index (χ0v) is 21.2. The molecule has 0 bridgehead atoms. The summed E-state index contributed by atoms with van der Waals surface area (Å²) in [4.78, 5) is 52.0. The maximum absolute atomic E-state index is 13.7. The normalized spacial score (nSPS) is 35.7. The molecule has 2 saturated heterocycles.